The van der Waals surface area contributed by atoms with Crippen LogP contribution < -0.4 is 14.8 Å². The molecule has 2 heterocycles. The Morgan fingerprint density at radius 2 is 1.68 bits per heavy atom. The van der Waals surface area contributed by atoms with Gasteiger partial charge in [-0.3, -0.25) is 14.5 Å². The van der Waals surface area contributed by atoms with E-state index in [0.29, 0.717) is 36.8 Å². The lowest BCUT2D eigenvalue weighted by Crippen LogP contribution is -2.43. The van der Waals surface area contributed by atoms with Crippen LogP contribution in [0, 0.1) is 5.92 Å². The molecular weight excluding hydrogens is 428 g/mol. The Morgan fingerprint density at radius 1 is 0.941 bits per heavy atom. The third kappa shape index (κ3) is 4.92. The van der Waals surface area contributed by atoms with Gasteiger partial charge in [0, 0.05) is 11.5 Å². The molecule has 0 aromatic heterocycles. The number of carbonyl (C=O) groups is 2. The number of benzene rings is 3. The van der Waals surface area contributed by atoms with E-state index in [2.05, 4.69) is 40.5 Å². The number of hydrogen-bond donors (Lipinski definition) is 1. The molecule has 1 N–H and O–H groups in total. The number of ether oxygens (including phenoxy) is 2. The fourth-order valence-electron chi connectivity index (χ4n) is 4.84. The van der Waals surface area contributed by atoms with Crippen LogP contribution in [0.5, 0.6) is 11.5 Å². The summed E-state index contributed by atoms with van der Waals surface area (Å²) in [4.78, 5) is 27.8. The lowest BCUT2D eigenvalue weighted by atomic mass is 9.88. The van der Waals surface area contributed by atoms with Crippen LogP contribution in [0.3, 0.4) is 0 Å². The molecule has 0 aliphatic carbocycles. The second-order valence-electron chi connectivity index (χ2n) is 9.17. The summed E-state index contributed by atoms with van der Waals surface area (Å²) in [6.45, 7) is 4.87. The summed E-state index contributed by atoms with van der Waals surface area (Å²) in [5, 5.41) is 5.49. The molecule has 2 aliphatic rings. The van der Waals surface area contributed by atoms with E-state index < -0.39 is 0 Å². The Bertz CT molecular complexity index is 1200. The summed E-state index contributed by atoms with van der Waals surface area (Å²) in [5.74, 6) is 1.47. The minimum atomic E-state index is -0.0635. The second kappa shape index (κ2) is 9.85. The van der Waals surface area contributed by atoms with E-state index in [1.165, 1.54) is 10.8 Å². The lowest BCUT2D eigenvalue weighted by molar-refractivity contribution is -0.123. The van der Waals surface area contributed by atoms with Crippen LogP contribution in [0.1, 0.15) is 41.7 Å². The number of carbonyl (C=O) groups excluding carboxylic acids is 2. The Balaban J connectivity index is 1.12. The maximum atomic E-state index is 13.0. The molecule has 6 nitrogen and oxygen atoms in total. The number of hydrogen-bond acceptors (Lipinski definition) is 5. The van der Waals surface area contributed by atoms with E-state index in [9.17, 15) is 9.59 Å². The predicted octanol–water partition coefficient (Wildman–Crippen LogP) is 4.38. The van der Waals surface area contributed by atoms with Crippen LogP contribution in [0.2, 0.25) is 0 Å². The number of likely N-dealkylation sites (tertiary alicyclic amines) is 1. The molecule has 176 valence electrons. The topological polar surface area (TPSA) is 67.9 Å². The van der Waals surface area contributed by atoms with Crippen molar-refractivity contribution in [3.05, 3.63) is 71.8 Å². The SMILES string of the molecule is CC(NC(=O)CN1CCC(C(=O)c2ccc3c(c2)OCCO3)CC1)c1ccc2ccccc2c1. The molecule has 5 rings (SSSR count). The fourth-order valence-corrected chi connectivity index (χ4v) is 4.84. The summed E-state index contributed by atoms with van der Waals surface area (Å²) >= 11 is 0. The van der Waals surface area contributed by atoms with E-state index in [1.807, 2.05) is 31.2 Å². The van der Waals surface area contributed by atoms with Crippen molar-refractivity contribution in [3.63, 3.8) is 0 Å². The second-order valence-corrected chi connectivity index (χ2v) is 9.17. The van der Waals surface area contributed by atoms with Gasteiger partial charge in [-0.25, -0.2) is 0 Å². The third-order valence-corrected chi connectivity index (χ3v) is 6.80. The van der Waals surface area contributed by atoms with Gasteiger partial charge in [0.15, 0.2) is 17.3 Å². The third-order valence-electron chi connectivity index (χ3n) is 6.80. The maximum Gasteiger partial charge on any atom is 0.234 e. The van der Waals surface area contributed by atoms with Gasteiger partial charge >= 0.3 is 0 Å². The number of amides is 1. The van der Waals surface area contributed by atoms with Gasteiger partial charge in [-0.05, 0) is 73.5 Å². The van der Waals surface area contributed by atoms with Crippen molar-refractivity contribution in [3.8, 4) is 11.5 Å². The maximum absolute atomic E-state index is 13.0. The molecule has 3 aromatic rings. The van der Waals surface area contributed by atoms with Crippen LogP contribution in [-0.2, 0) is 4.79 Å². The summed E-state index contributed by atoms with van der Waals surface area (Å²) in [7, 11) is 0. The lowest BCUT2D eigenvalue weighted by Gasteiger charge is -2.31. The highest BCUT2D eigenvalue weighted by atomic mass is 16.6. The van der Waals surface area contributed by atoms with Crippen molar-refractivity contribution >= 4 is 22.5 Å². The zero-order chi connectivity index (χ0) is 23.5. The number of piperidine rings is 1. The predicted molar refractivity (Wildman–Crippen MR) is 131 cm³/mol. The Morgan fingerprint density at radius 3 is 2.47 bits per heavy atom. The highest BCUT2D eigenvalue weighted by molar-refractivity contribution is 5.98. The van der Waals surface area contributed by atoms with Crippen LogP contribution in [0.4, 0.5) is 0 Å². The van der Waals surface area contributed by atoms with E-state index >= 15 is 0 Å². The van der Waals surface area contributed by atoms with Gasteiger partial charge in [-0.1, -0.05) is 36.4 Å². The normalized spacial score (nSPS) is 17.3. The monoisotopic (exact) mass is 458 g/mol. The fraction of sp³-hybridized carbons (Fsp3) is 0.357. The Kier molecular flexibility index (Phi) is 6.50. The van der Waals surface area contributed by atoms with Crippen molar-refractivity contribution in [2.24, 2.45) is 5.92 Å². The van der Waals surface area contributed by atoms with Gasteiger partial charge in [0.25, 0.3) is 0 Å². The molecule has 6 heteroatoms. The summed E-state index contributed by atoms with van der Waals surface area (Å²) in [6.07, 6.45) is 1.50. The van der Waals surface area contributed by atoms with Crippen molar-refractivity contribution in [2.75, 3.05) is 32.8 Å². The summed E-state index contributed by atoms with van der Waals surface area (Å²) in [5.41, 5.74) is 1.76. The molecular formula is C28H30N2O4. The number of rotatable bonds is 6. The Hall–Kier alpha value is -3.38. The van der Waals surface area contributed by atoms with Crippen molar-refractivity contribution in [1.29, 1.82) is 0 Å². The molecule has 0 radical (unpaired) electrons. The van der Waals surface area contributed by atoms with Crippen molar-refractivity contribution in [1.82, 2.24) is 10.2 Å². The van der Waals surface area contributed by atoms with Gasteiger partial charge in [0.05, 0.1) is 12.6 Å². The molecule has 1 fully saturated rings. The van der Waals surface area contributed by atoms with Crippen LogP contribution >= 0.6 is 0 Å². The highest BCUT2D eigenvalue weighted by Gasteiger charge is 2.28. The molecule has 1 unspecified atom stereocenters. The number of Topliss-reactive ketones (excluding diaryl/α,β-unsaturated/α-hetero) is 1. The van der Waals surface area contributed by atoms with Crippen LogP contribution in [-0.4, -0.2) is 49.4 Å². The largest absolute Gasteiger partial charge is 0.486 e. The smallest absolute Gasteiger partial charge is 0.234 e. The van der Waals surface area contributed by atoms with E-state index in [-0.39, 0.29) is 23.7 Å². The van der Waals surface area contributed by atoms with Gasteiger partial charge in [0.1, 0.15) is 13.2 Å². The van der Waals surface area contributed by atoms with Crippen molar-refractivity contribution in [2.45, 2.75) is 25.8 Å². The number of fused-ring (bicyclic) bond motifs is 2. The summed E-state index contributed by atoms with van der Waals surface area (Å²) in [6, 6.07) is 19.9. The van der Waals surface area contributed by atoms with Crippen molar-refractivity contribution < 1.29 is 19.1 Å². The highest BCUT2D eigenvalue weighted by Crippen LogP contribution is 2.32. The minimum Gasteiger partial charge on any atom is -0.486 e. The molecule has 1 atom stereocenters. The minimum absolute atomic E-state index is 0.0114. The van der Waals surface area contributed by atoms with E-state index in [4.69, 9.17) is 9.47 Å². The number of ketones is 1. The zero-order valence-electron chi connectivity index (χ0n) is 19.5. The van der Waals surface area contributed by atoms with Gasteiger partial charge < -0.3 is 14.8 Å². The molecule has 0 spiro atoms. The summed E-state index contributed by atoms with van der Waals surface area (Å²) < 4.78 is 11.2. The van der Waals surface area contributed by atoms with E-state index in [0.717, 1.165) is 31.5 Å². The average molecular weight is 459 g/mol. The molecule has 1 amide bonds. The van der Waals surface area contributed by atoms with Gasteiger partial charge in [0.2, 0.25) is 5.91 Å². The van der Waals surface area contributed by atoms with Gasteiger partial charge in [-0.2, -0.15) is 0 Å². The first-order chi connectivity index (χ1) is 16.6. The van der Waals surface area contributed by atoms with Crippen LogP contribution in [0.25, 0.3) is 10.8 Å². The quantitative estimate of drug-likeness (QED) is 0.555. The molecule has 34 heavy (non-hydrogen) atoms. The average Bonchev–Trinajstić information content (AvgIpc) is 2.88. The first-order valence-electron chi connectivity index (χ1n) is 12.0. The van der Waals surface area contributed by atoms with Gasteiger partial charge in [-0.15, -0.1) is 0 Å². The molecule has 2 aliphatic heterocycles. The standard InChI is InChI=1S/C28H30N2O4/c1-19(22-7-6-20-4-2-3-5-23(20)16-22)29-27(31)18-30-12-10-21(11-13-30)28(32)24-8-9-25-26(17-24)34-15-14-33-25/h2-9,16-17,19,21H,10-15,18H2,1H3,(H,29,31). The zero-order valence-corrected chi connectivity index (χ0v) is 19.5. The van der Waals surface area contributed by atoms with Crippen LogP contribution in [0.15, 0.2) is 60.7 Å². The Labute approximate surface area is 199 Å². The number of nitrogens with zero attached hydrogens (tertiary/aromatic N) is 1. The first-order valence-corrected chi connectivity index (χ1v) is 12.0. The first kappa shape index (κ1) is 22.4. The molecule has 0 bridgehead atoms. The van der Waals surface area contributed by atoms with E-state index in [1.54, 1.807) is 6.07 Å². The molecule has 0 saturated carbocycles. The molecule has 3 aromatic carbocycles. The molecule has 1 saturated heterocycles. The number of nitrogens with one attached hydrogen (secondary N) is 1.